The molecule has 7 rings (SSSR count). The van der Waals surface area contributed by atoms with E-state index in [-0.39, 0.29) is 18.2 Å². The van der Waals surface area contributed by atoms with Gasteiger partial charge in [-0.15, -0.1) is 15.3 Å². The van der Waals surface area contributed by atoms with E-state index in [1.165, 1.54) is 11.1 Å². The van der Waals surface area contributed by atoms with Crippen molar-refractivity contribution in [1.82, 2.24) is 40.5 Å². The van der Waals surface area contributed by atoms with Crippen molar-refractivity contribution in [2.24, 2.45) is 0 Å². The summed E-state index contributed by atoms with van der Waals surface area (Å²) in [6.45, 7) is 1.08. The lowest BCUT2D eigenvalue weighted by atomic mass is 10.0. The number of aromatic nitrogens is 7. The van der Waals surface area contributed by atoms with E-state index in [2.05, 4.69) is 60.2 Å². The Labute approximate surface area is 206 Å². The van der Waals surface area contributed by atoms with E-state index in [0.717, 1.165) is 48.3 Å². The van der Waals surface area contributed by atoms with Crippen LogP contribution in [0.1, 0.15) is 57.9 Å². The summed E-state index contributed by atoms with van der Waals surface area (Å²) >= 11 is 0. The molecule has 4 heterocycles. The van der Waals surface area contributed by atoms with Gasteiger partial charge in [0, 0.05) is 36.5 Å². The predicted octanol–water partition coefficient (Wildman–Crippen LogP) is 1.76. The average Bonchev–Trinajstić information content (AvgIpc) is 3.68. The van der Waals surface area contributed by atoms with Crippen molar-refractivity contribution in [3.8, 4) is 0 Å². The number of carbonyl (C=O) groups excluding carboxylic acids is 1. The molecule has 1 aromatic carbocycles. The first-order valence-corrected chi connectivity index (χ1v) is 12.4. The van der Waals surface area contributed by atoms with E-state index in [0.29, 0.717) is 43.3 Å². The number of hydrogen-bond acceptors (Lipinski definition) is 9. The number of amides is 1. The van der Waals surface area contributed by atoms with Crippen molar-refractivity contribution < 1.29 is 9.21 Å². The topological polar surface area (TPSA) is 139 Å². The fraction of sp³-hybridized carbons (Fsp3) is 0.400. The highest BCUT2D eigenvalue weighted by molar-refractivity contribution is 5.78. The third-order valence-electron chi connectivity index (χ3n) is 7.44. The van der Waals surface area contributed by atoms with Crippen molar-refractivity contribution in [3.63, 3.8) is 0 Å². The molecular weight excluding hydrogens is 458 g/mol. The summed E-state index contributed by atoms with van der Waals surface area (Å²) in [5, 5.41) is 22.7. The van der Waals surface area contributed by atoms with Crippen LogP contribution in [-0.2, 0) is 43.4 Å². The van der Waals surface area contributed by atoms with Gasteiger partial charge in [0.2, 0.25) is 23.6 Å². The molecule has 1 atom stereocenters. The van der Waals surface area contributed by atoms with Crippen LogP contribution in [0.2, 0.25) is 0 Å². The molecule has 0 saturated carbocycles. The summed E-state index contributed by atoms with van der Waals surface area (Å²) in [6.07, 6.45) is 6.28. The molecule has 2 aliphatic carbocycles. The first-order chi connectivity index (χ1) is 17.7. The monoisotopic (exact) mass is 483 g/mol. The van der Waals surface area contributed by atoms with Gasteiger partial charge in [-0.2, -0.15) is 0 Å². The fourth-order valence-corrected chi connectivity index (χ4v) is 5.57. The van der Waals surface area contributed by atoms with Crippen LogP contribution in [0.3, 0.4) is 0 Å². The number of rotatable bonds is 5. The molecule has 0 radical (unpaired) electrons. The second-order valence-corrected chi connectivity index (χ2v) is 9.72. The van der Waals surface area contributed by atoms with Crippen LogP contribution < -0.4 is 5.32 Å². The highest BCUT2D eigenvalue weighted by atomic mass is 16.4. The molecule has 3 aliphatic rings. The van der Waals surface area contributed by atoms with Gasteiger partial charge in [-0.05, 0) is 36.8 Å². The maximum Gasteiger partial charge on any atom is 0.232 e. The molecule has 1 aliphatic heterocycles. The molecule has 1 amide bonds. The van der Waals surface area contributed by atoms with Crippen molar-refractivity contribution >= 4 is 11.9 Å². The zero-order chi connectivity index (χ0) is 24.1. The molecule has 0 spiro atoms. The normalized spacial score (nSPS) is 18.7. The van der Waals surface area contributed by atoms with E-state index in [1.54, 1.807) is 4.90 Å². The van der Waals surface area contributed by atoms with Crippen molar-refractivity contribution in [2.75, 3.05) is 11.9 Å². The molecule has 11 heteroatoms. The second-order valence-electron chi connectivity index (χ2n) is 9.72. The number of nitrogens with one attached hydrogen (secondary N) is 2. The zero-order valence-electron chi connectivity index (χ0n) is 19.6. The van der Waals surface area contributed by atoms with Crippen LogP contribution in [0.5, 0.6) is 0 Å². The number of aromatic amines is 1. The largest absolute Gasteiger partial charge is 0.424 e. The van der Waals surface area contributed by atoms with Gasteiger partial charge in [0.25, 0.3) is 0 Å². The van der Waals surface area contributed by atoms with Gasteiger partial charge in [0.05, 0.1) is 23.9 Å². The number of hydrogen-bond donors (Lipinski definition) is 2. The third kappa shape index (κ3) is 3.80. The van der Waals surface area contributed by atoms with Crippen LogP contribution in [0, 0.1) is 0 Å². The van der Waals surface area contributed by atoms with Gasteiger partial charge in [-0.25, -0.2) is 9.97 Å². The lowest BCUT2D eigenvalue weighted by Gasteiger charge is -2.25. The average molecular weight is 484 g/mol. The third-order valence-corrected chi connectivity index (χ3v) is 7.44. The molecule has 0 saturated heterocycles. The Hall–Kier alpha value is -4.15. The molecule has 4 aromatic rings. The maximum atomic E-state index is 12.8. The molecule has 1 unspecified atom stereocenters. The molecule has 0 bridgehead atoms. The van der Waals surface area contributed by atoms with Crippen molar-refractivity contribution in [3.05, 3.63) is 76.0 Å². The minimum Gasteiger partial charge on any atom is -0.424 e. The SMILES string of the molecule is O=C(Cc1nnc(C2CCc3nc(NC4Cc5ccccc5C4)ncc32)o1)N1CCc2nn[nH]c2C1. The molecular formula is C25H25N9O2. The fourth-order valence-electron chi connectivity index (χ4n) is 5.57. The summed E-state index contributed by atoms with van der Waals surface area (Å²) in [5.74, 6) is 1.42. The minimum absolute atomic E-state index is 0.0465. The van der Waals surface area contributed by atoms with Crippen LogP contribution in [-0.4, -0.2) is 59.0 Å². The van der Waals surface area contributed by atoms with Crippen molar-refractivity contribution in [2.45, 2.75) is 57.0 Å². The predicted molar refractivity (Wildman–Crippen MR) is 127 cm³/mol. The molecule has 3 aromatic heterocycles. The van der Waals surface area contributed by atoms with Crippen LogP contribution in [0.15, 0.2) is 34.9 Å². The number of fused-ring (bicyclic) bond motifs is 3. The summed E-state index contributed by atoms with van der Waals surface area (Å²) in [5.41, 5.74) is 6.63. The Balaban J connectivity index is 1.01. The van der Waals surface area contributed by atoms with E-state index < -0.39 is 0 Å². The van der Waals surface area contributed by atoms with Crippen LogP contribution in [0.4, 0.5) is 5.95 Å². The van der Waals surface area contributed by atoms with Gasteiger partial charge in [-0.3, -0.25) is 9.89 Å². The Morgan fingerprint density at radius 2 is 1.97 bits per heavy atom. The summed E-state index contributed by atoms with van der Waals surface area (Å²) < 4.78 is 5.94. The quantitative estimate of drug-likeness (QED) is 0.435. The molecule has 2 N–H and O–H groups in total. The Bertz CT molecular complexity index is 1420. The van der Waals surface area contributed by atoms with Crippen molar-refractivity contribution in [1.29, 1.82) is 0 Å². The van der Waals surface area contributed by atoms with Gasteiger partial charge < -0.3 is 14.6 Å². The molecule has 182 valence electrons. The first-order valence-electron chi connectivity index (χ1n) is 12.4. The highest BCUT2D eigenvalue weighted by Crippen LogP contribution is 2.37. The molecule has 36 heavy (non-hydrogen) atoms. The standard InChI is InChI=1S/C25H25N9O2/c35-23(34-8-7-20-21(13-34)30-33-29-20)11-22-31-32-24(36-22)17-5-6-19-18(17)12-26-25(28-19)27-16-9-14-3-1-2-4-15(14)10-16/h1-4,12,16-17H,5-11,13H2,(H,26,27,28)(H,29,30,33). The van der Waals surface area contributed by atoms with E-state index in [4.69, 9.17) is 9.40 Å². The van der Waals surface area contributed by atoms with Gasteiger partial charge in [0.1, 0.15) is 6.42 Å². The minimum atomic E-state index is -0.0506. The number of anilines is 1. The highest BCUT2D eigenvalue weighted by Gasteiger charge is 2.32. The number of aryl methyl sites for hydroxylation is 1. The zero-order valence-corrected chi connectivity index (χ0v) is 19.6. The van der Waals surface area contributed by atoms with E-state index in [9.17, 15) is 4.79 Å². The molecule has 11 nitrogen and oxygen atoms in total. The van der Waals surface area contributed by atoms with Crippen LogP contribution in [0.25, 0.3) is 0 Å². The summed E-state index contributed by atoms with van der Waals surface area (Å²) in [6, 6.07) is 8.87. The van der Waals surface area contributed by atoms with E-state index in [1.807, 2.05) is 6.20 Å². The second kappa shape index (κ2) is 8.51. The van der Waals surface area contributed by atoms with E-state index >= 15 is 0 Å². The van der Waals surface area contributed by atoms with Gasteiger partial charge in [0.15, 0.2) is 0 Å². The lowest BCUT2D eigenvalue weighted by Crippen LogP contribution is -2.37. The number of carbonyl (C=O) groups is 1. The maximum absolute atomic E-state index is 12.8. The first kappa shape index (κ1) is 21.2. The number of H-pyrrole nitrogens is 1. The summed E-state index contributed by atoms with van der Waals surface area (Å²) in [7, 11) is 0. The Kier molecular flexibility index (Phi) is 5.00. The molecule has 0 fully saturated rings. The lowest BCUT2D eigenvalue weighted by molar-refractivity contribution is -0.131. The Morgan fingerprint density at radius 1 is 1.11 bits per heavy atom. The van der Waals surface area contributed by atoms with Crippen LogP contribution >= 0.6 is 0 Å². The summed E-state index contributed by atoms with van der Waals surface area (Å²) in [4.78, 5) is 24.0. The van der Waals surface area contributed by atoms with Gasteiger partial charge in [-0.1, -0.05) is 29.5 Å². The van der Waals surface area contributed by atoms with Gasteiger partial charge >= 0.3 is 0 Å². The number of benzene rings is 1. The Morgan fingerprint density at radius 3 is 2.83 bits per heavy atom. The smallest absolute Gasteiger partial charge is 0.232 e. The number of nitrogens with zero attached hydrogens (tertiary/aromatic N) is 7.